The number of hydrogen-bond donors (Lipinski definition) is 0. The molecule has 3 heteroatoms. The molecule has 0 aliphatic carbocycles. The van der Waals surface area contributed by atoms with Gasteiger partial charge in [-0.15, -0.1) is 0 Å². The molecule has 0 spiro atoms. The van der Waals surface area contributed by atoms with E-state index in [-0.39, 0.29) is 0 Å². The smallest absolute Gasteiger partial charge is 0.257 e. The lowest BCUT2D eigenvalue weighted by atomic mass is 10.2. The Morgan fingerprint density at radius 2 is 1.62 bits per heavy atom. The quantitative estimate of drug-likeness (QED) is 0.704. The van der Waals surface area contributed by atoms with E-state index in [9.17, 15) is 0 Å². The average molecular weight is 250 g/mol. The van der Waals surface area contributed by atoms with Crippen LogP contribution in [0.3, 0.4) is 0 Å². The van der Waals surface area contributed by atoms with Crippen molar-refractivity contribution < 1.29 is 4.12 Å². The van der Waals surface area contributed by atoms with E-state index in [2.05, 4.69) is 52.0 Å². The predicted octanol–water partition coefficient (Wildman–Crippen LogP) is 3.26. The molecule has 2 radical (unpaired) electrons. The molecule has 0 fully saturated rings. The number of hydrogen-bond acceptors (Lipinski definition) is 1. The van der Waals surface area contributed by atoms with Crippen molar-refractivity contribution in [2.45, 2.75) is 45.8 Å². The van der Waals surface area contributed by atoms with Crippen LogP contribution >= 0.6 is 0 Å². The first-order chi connectivity index (χ1) is 7.67. The molecule has 0 atom stereocenters. The van der Waals surface area contributed by atoms with Crippen molar-refractivity contribution in [3.63, 3.8) is 0 Å². The monoisotopic (exact) mass is 250 g/mol. The van der Waals surface area contributed by atoms with Gasteiger partial charge in [0.25, 0.3) is 9.76 Å². The summed E-state index contributed by atoms with van der Waals surface area (Å²) in [6, 6.07) is 12.3. The van der Waals surface area contributed by atoms with Gasteiger partial charge in [-0.3, -0.25) is 0 Å². The van der Waals surface area contributed by atoms with Crippen LogP contribution in [0, 0.1) is 6.92 Å². The van der Waals surface area contributed by atoms with Gasteiger partial charge in [0.05, 0.1) is 0 Å². The van der Waals surface area contributed by atoms with E-state index in [0.717, 1.165) is 0 Å². The molecule has 0 unspecified atom stereocenters. The molecule has 0 aromatic heterocycles. The Kier molecular flexibility index (Phi) is 5.45. The highest BCUT2D eigenvalue weighted by molar-refractivity contribution is 6.78. The normalized spacial score (nSPS) is 11.8. The molecule has 0 heterocycles. The lowest BCUT2D eigenvalue weighted by molar-refractivity contribution is 0.576. The fourth-order valence-electron chi connectivity index (χ4n) is 1.82. The van der Waals surface area contributed by atoms with Crippen LogP contribution in [0.25, 0.3) is 0 Å². The molecule has 1 nitrogen and oxygen atoms in total. The maximum absolute atomic E-state index is 6.31. The van der Waals surface area contributed by atoms with Gasteiger partial charge < -0.3 is 4.12 Å². The summed E-state index contributed by atoms with van der Waals surface area (Å²) in [6.07, 6.45) is 0. The van der Waals surface area contributed by atoms with Gasteiger partial charge in [-0.2, -0.15) is 0 Å². The summed E-state index contributed by atoms with van der Waals surface area (Å²) < 4.78 is 6.31. The van der Waals surface area contributed by atoms with Crippen LogP contribution in [0.1, 0.15) is 26.3 Å². The summed E-state index contributed by atoms with van der Waals surface area (Å²) >= 11 is 0. The summed E-state index contributed by atoms with van der Waals surface area (Å²) in [5.41, 5.74) is 1.35. The highest BCUT2D eigenvalue weighted by Gasteiger charge is 2.28. The maximum Gasteiger partial charge on any atom is 0.257 e. The van der Waals surface area contributed by atoms with Crippen LogP contribution in [0.5, 0.6) is 0 Å². The van der Waals surface area contributed by atoms with Gasteiger partial charge in [0.15, 0.2) is 8.32 Å². The van der Waals surface area contributed by atoms with E-state index in [1.54, 1.807) is 0 Å². The van der Waals surface area contributed by atoms with Crippen LogP contribution in [0.15, 0.2) is 24.3 Å². The summed E-state index contributed by atoms with van der Waals surface area (Å²) in [6.45, 7) is 9.00. The van der Waals surface area contributed by atoms with Crippen molar-refractivity contribution in [3.05, 3.63) is 29.8 Å². The minimum atomic E-state index is -1.41. The predicted molar refractivity (Wildman–Crippen MR) is 74.8 cm³/mol. The van der Waals surface area contributed by atoms with Crippen molar-refractivity contribution in [1.29, 1.82) is 0 Å². The third-order valence-electron chi connectivity index (χ3n) is 3.46. The third-order valence-corrected chi connectivity index (χ3v) is 10.2. The Morgan fingerprint density at radius 1 is 1.06 bits per heavy atom. The summed E-state index contributed by atoms with van der Waals surface area (Å²) in [5, 5.41) is 1.37. The second kappa shape index (κ2) is 6.37. The summed E-state index contributed by atoms with van der Waals surface area (Å²) in [5.74, 6) is 0. The molecule has 88 valence electrons. The van der Waals surface area contributed by atoms with E-state index < -0.39 is 8.32 Å². The van der Waals surface area contributed by atoms with Crippen LogP contribution < -0.4 is 5.19 Å². The molecule has 0 bridgehead atoms. The molecule has 16 heavy (non-hydrogen) atoms. The molecule has 1 aromatic rings. The Bertz CT molecular complexity index is 313. The van der Waals surface area contributed by atoms with Crippen LogP contribution in [0.4, 0.5) is 0 Å². The molecule has 0 N–H and O–H groups in total. The Labute approximate surface area is 103 Å². The number of aryl methyl sites for hydroxylation is 1. The SMILES string of the molecule is CC[Si](CC)(CC)O[Si]c1ccccc1C. The van der Waals surface area contributed by atoms with E-state index in [0.29, 0.717) is 9.76 Å². The van der Waals surface area contributed by atoms with Crippen LogP contribution in [-0.4, -0.2) is 18.1 Å². The van der Waals surface area contributed by atoms with E-state index in [4.69, 9.17) is 4.12 Å². The second-order valence-electron chi connectivity index (χ2n) is 4.26. The van der Waals surface area contributed by atoms with Gasteiger partial charge in [0, 0.05) is 0 Å². The fourth-order valence-corrected chi connectivity index (χ4v) is 6.76. The van der Waals surface area contributed by atoms with Gasteiger partial charge in [-0.1, -0.05) is 45.0 Å². The second-order valence-corrected chi connectivity index (χ2v) is 10.3. The van der Waals surface area contributed by atoms with E-state index in [1.165, 1.54) is 28.9 Å². The largest absolute Gasteiger partial charge is 0.452 e. The van der Waals surface area contributed by atoms with Crippen molar-refractivity contribution in [2.24, 2.45) is 0 Å². The van der Waals surface area contributed by atoms with Gasteiger partial charge in [-0.05, 0) is 35.8 Å². The van der Waals surface area contributed by atoms with Gasteiger partial charge in [-0.25, -0.2) is 0 Å². The van der Waals surface area contributed by atoms with Crippen molar-refractivity contribution in [3.8, 4) is 0 Å². The highest BCUT2D eigenvalue weighted by Crippen LogP contribution is 2.20. The molecular formula is C13H22OSi2. The van der Waals surface area contributed by atoms with Crippen molar-refractivity contribution in [2.75, 3.05) is 0 Å². The third kappa shape index (κ3) is 3.30. The van der Waals surface area contributed by atoms with Crippen LogP contribution in [0.2, 0.25) is 18.1 Å². The van der Waals surface area contributed by atoms with E-state index in [1.807, 2.05) is 0 Å². The lowest BCUT2D eigenvalue weighted by Gasteiger charge is -2.28. The van der Waals surface area contributed by atoms with Crippen LogP contribution in [-0.2, 0) is 4.12 Å². The highest BCUT2D eigenvalue weighted by atomic mass is 28.4. The summed E-state index contributed by atoms with van der Waals surface area (Å²) in [4.78, 5) is 0. The Morgan fingerprint density at radius 3 is 2.12 bits per heavy atom. The molecule has 1 aromatic carbocycles. The van der Waals surface area contributed by atoms with Crippen molar-refractivity contribution >= 4 is 23.3 Å². The number of rotatable bonds is 6. The molecule has 0 saturated carbocycles. The Hall–Kier alpha value is -0.386. The summed E-state index contributed by atoms with van der Waals surface area (Å²) in [7, 11) is -0.874. The molecule has 0 amide bonds. The minimum absolute atomic E-state index is 0.537. The van der Waals surface area contributed by atoms with Crippen molar-refractivity contribution in [1.82, 2.24) is 0 Å². The molecule has 0 aliphatic heterocycles. The topological polar surface area (TPSA) is 9.23 Å². The lowest BCUT2D eigenvalue weighted by Crippen LogP contribution is -2.40. The van der Waals surface area contributed by atoms with Gasteiger partial charge in [0.2, 0.25) is 0 Å². The average Bonchev–Trinajstić information content (AvgIpc) is 2.34. The first kappa shape index (κ1) is 13.7. The molecule has 0 saturated heterocycles. The molecular weight excluding hydrogens is 228 g/mol. The first-order valence-corrected chi connectivity index (χ1v) is 9.61. The zero-order valence-electron chi connectivity index (χ0n) is 10.8. The zero-order chi connectivity index (χ0) is 12.0. The standard InChI is InChI=1S/C13H22OSi2/c1-5-16(6-2,7-3)14-15-13-11-9-8-10-12(13)4/h8-11H,5-7H2,1-4H3. The van der Waals surface area contributed by atoms with E-state index >= 15 is 0 Å². The Balaban J connectivity index is 2.66. The maximum atomic E-state index is 6.31. The fraction of sp³-hybridized carbons (Fsp3) is 0.538. The molecule has 1 rings (SSSR count). The minimum Gasteiger partial charge on any atom is -0.452 e. The molecule has 0 aliphatic rings. The zero-order valence-corrected chi connectivity index (χ0v) is 12.8. The number of benzene rings is 1. The van der Waals surface area contributed by atoms with Gasteiger partial charge >= 0.3 is 0 Å². The first-order valence-electron chi connectivity index (χ1n) is 6.17. The van der Waals surface area contributed by atoms with Gasteiger partial charge in [0.1, 0.15) is 0 Å².